The summed E-state index contributed by atoms with van der Waals surface area (Å²) < 4.78 is 1.78. The van der Waals surface area contributed by atoms with Crippen molar-refractivity contribution in [2.24, 2.45) is 5.16 Å². The van der Waals surface area contributed by atoms with Gasteiger partial charge in [0.1, 0.15) is 17.1 Å². The van der Waals surface area contributed by atoms with Gasteiger partial charge in [-0.25, -0.2) is 9.55 Å². The van der Waals surface area contributed by atoms with Crippen LogP contribution in [0.2, 0.25) is 0 Å². The minimum atomic E-state index is -1.86. The maximum atomic E-state index is 13.1. The number of aliphatic carboxylic acids is 2. The Hall–Kier alpha value is -4.18. The number of nitrogen functional groups attached to an aromatic ring is 1. The molecule has 0 spiro atoms. The lowest BCUT2D eigenvalue weighted by molar-refractivity contribution is -0.689. The molecule has 2 aliphatic rings. The highest BCUT2D eigenvalue weighted by molar-refractivity contribution is 8.00. The van der Waals surface area contributed by atoms with Crippen LogP contribution in [0.3, 0.4) is 0 Å². The number of hydrogen-bond donors (Lipinski definition) is 2. The Kier molecular flexibility index (Phi) is 15.0. The summed E-state index contributed by atoms with van der Waals surface area (Å²) in [5.41, 5.74) is 3.65. The van der Waals surface area contributed by atoms with E-state index in [0.717, 1.165) is 16.2 Å². The fourth-order valence-electron chi connectivity index (χ4n) is 3.56. The molecule has 234 valence electrons. The Morgan fingerprint density at radius 1 is 1.17 bits per heavy atom. The van der Waals surface area contributed by atoms with Gasteiger partial charge in [0.05, 0.1) is 17.6 Å². The molecule has 2 aromatic heterocycles. The van der Waals surface area contributed by atoms with Crippen LogP contribution in [-0.2, 0) is 30.6 Å². The number of anilines is 1. The number of fused-ring (bicyclic) bond motifs is 1. The third-order valence-corrected chi connectivity index (χ3v) is 7.53. The smallest absolute Gasteiger partial charge is 0.276 e. The Morgan fingerprint density at radius 3 is 2.31 bits per heavy atom. The zero-order chi connectivity index (χ0) is 26.9. The first kappa shape index (κ1) is 40.0. The molecule has 1 fully saturated rings. The number of carboxylic acids is 2. The van der Waals surface area contributed by atoms with Gasteiger partial charge in [-0.2, -0.15) is 0 Å². The second kappa shape index (κ2) is 15.7. The molecule has 13 N–H and O–H groups in total. The van der Waals surface area contributed by atoms with E-state index in [-0.39, 0.29) is 50.4 Å². The van der Waals surface area contributed by atoms with E-state index in [2.05, 4.69) is 15.5 Å². The van der Waals surface area contributed by atoms with Gasteiger partial charge in [-0.3, -0.25) is 14.5 Å². The molecule has 2 amide bonds. The number of nitrogens with one attached hydrogen (secondary N) is 1. The molecule has 0 aromatic carbocycles. The number of rotatable bonds is 9. The molecule has 0 bridgehead atoms. The van der Waals surface area contributed by atoms with Gasteiger partial charge in [-0.15, -0.1) is 23.1 Å². The van der Waals surface area contributed by atoms with Crippen LogP contribution in [-0.4, -0.2) is 89.5 Å². The van der Waals surface area contributed by atoms with Crippen molar-refractivity contribution < 1.29 is 66.2 Å². The van der Waals surface area contributed by atoms with Crippen molar-refractivity contribution >= 4 is 57.7 Å². The second-order valence-electron chi connectivity index (χ2n) is 8.55. The lowest BCUT2D eigenvalue weighted by atomic mass is 10.0. The number of thioether (sulfide) groups is 1. The van der Waals surface area contributed by atoms with Gasteiger partial charge in [0.25, 0.3) is 11.8 Å². The molecule has 0 unspecified atom stereocenters. The molecule has 2 aliphatic heterocycles. The molecule has 0 saturated carbocycles. The number of amides is 2. The molecule has 2 aromatic rings. The summed E-state index contributed by atoms with van der Waals surface area (Å²) in [6.45, 7) is 2.61. The Morgan fingerprint density at radius 2 is 1.79 bits per heavy atom. The minimum Gasteiger partial charge on any atom is -0.546 e. The molecular formula is C22H31N6O12S2-. The maximum Gasteiger partial charge on any atom is 0.276 e. The normalized spacial score (nSPS) is 17.3. The molecule has 20 heteroatoms. The maximum absolute atomic E-state index is 13.1. The van der Waals surface area contributed by atoms with Crippen molar-refractivity contribution in [1.29, 1.82) is 0 Å². The first-order valence-corrected chi connectivity index (χ1v) is 12.7. The van der Waals surface area contributed by atoms with Gasteiger partial charge in [0, 0.05) is 28.8 Å². The third-order valence-electron chi connectivity index (χ3n) is 5.51. The summed E-state index contributed by atoms with van der Waals surface area (Å²) in [6.07, 6.45) is 3.54. The summed E-state index contributed by atoms with van der Waals surface area (Å²) in [5.74, 6) is -4.30. The number of pyridine rings is 1. The number of aromatic nitrogens is 2. The molecule has 18 nitrogen and oxygen atoms in total. The van der Waals surface area contributed by atoms with E-state index in [1.165, 1.54) is 31.0 Å². The average molecular weight is 636 g/mol. The van der Waals surface area contributed by atoms with Crippen molar-refractivity contribution in [2.75, 3.05) is 11.5 Å². The van der Waals surface area contributed by atoms with Crippen molar-refractivity contribution in [1.82, 2.24) is 15.2 Å². The first-order valence-electron chi connectivity index (χ1n) is 10.8. The molecule has 1 saturated heterocycles. The predicted molar refractivity (Wildman–Crippen MR) is 145 cm³/mol. The van der Waals surface area contributed by atoms with Gasteiger partial charge < -0.3 is 63.1 Å². The van der Waals surface area contributed by atoms with Crippen LogP contribution in [0.4, 0.5) is 5.13 Å². The van der Waals surface area contributed by atoms with E-state index in [1.807, 2.05) is 6.07 Å². The van der Waals surface area contributed by atoms with E-state index in [9.17, 15) is 29.4 Å². The van der Waals surface area contributed by atoms with E-state index >= 15 is 0 Å². The SMILES string of the molecule is CC(C)(O/N=C(\C(=O)N[C@@H]1C(=O)N2C(C(=O)[O-])=C(C[n+]3ccccc3)CS[C@H]12)c1csc(N)n1)C(=O)[O-].O.O.O.O.O. The summed E-state index contributed by atoms with van der Waals surface area (Å²) >= 11 is 2.30. The number of hydrogen-bond acceptors (Lipinski definition) is 12. The average Bonchev–Trinajstić information content (AvgIpc) is 3.28. The highest BCUT2D eigenvalue weighted by Gasteiger charge is 2.53. The van der Waals surface area contributed by atoms with Crippen LogP contribution < -0.4 is 25.8 Å². The number of nitrogens with two attached hydrogens (primary N) is 1. The number of β-lactam (4-membered cyclic amide) rings is 1. The number of carboxylic acid groups (broad SMARTS) is 2. The van der Waals surface area contributed by atoms with Gasteiger partial charge in [0.15, 0.2) is 35.4 Å². The molecule has 0 aliphatic carbocycles. The Labute approximate surface area is 246 Å². The topological polar surface area (TPSA) is 352 Å². The number of oxime groups is 1. The largest absolute Gasteiger partial charge is 0.546 e. The highest BCUT2D eigenvalue weighted by atomic mass is 32.2. The third kappa shape index (κ3) is 7.97. The Bertz CT molecular complexity index is 1330. The zero-order valence-electron chi connectivity index (χ0n) is 22.1. The van der Waals surface area contributed by atoms with Gasteiger partial charge in [-0.05, 0) is 13.8 Å². The summed E-state index contributed by atoms with van der Waals surface area (Å²) in [6, 6.07) is 4.34. The van der Waals surface area contributed by atoms with E-state index in [0.29, 0.717) is 11.3 Å². The van der Waals surface area contributed by atoms with Crippen LogP contribution in [0.1, 0.15) is 19.5 Å². The van der Waals surface area contributed by atoms with Crippen molar-refractivity contribution in [3.8, 4) is 0 Å². The predicted octanol–water partition coefficient (Wildman–Crippen LogP) is -6.76. The number of carbonyl (C=O) groups is 4. The molecule has 0 radical (unpaired) electrons. The molecule has 4 heterocycles. The fourth-order valence-corrected chi connectivity index (χ4v) is 5.44. The Balaban J connectivity index is 0. The molecule has 42 heavy (non-hydrogen) atoms. The monoisotopic (exact) mass is 635 g/mol. The first-order chi connectivity index (χ1) is 17.5. The molecular weight excluding hydrogens is 604 g/mol. The van der Waals surface area contributed by atoms with Crippen LogP contribution in [0.25, 0.3) is 0 Å². The standard InChI is InChI=1S/C22H22N6O7S2.5H2O/c1-22(2,20(33)34)35-26-13(12-10-37-21(23)24-12)16(29)25-14-17(30)28-15(19(31)32)11(9-36-18(14)28)8-27-6-4-3-5-7-27;;;;;/h3-7,10,14,18H,8-9H2,1-2H3,(H4-,23,24,25,29,31,32,33,34);5*1H2/p-1/b26-13-;;;;;/t14-,18-;;;;;/m1...../s1. The van der Waals surface area contributed by atoms with E-state index in [1.54, 1.807) is 29.1 Å². The van der Waals surface area contributed by atoms with Crippen molar-refractivity contribution in [3.05, 3.63) is 52.9 Å². The zero-order valence-corrected chi connectivity index (χ0v) is 23.7. The van der Waals surface area contributed by atoms with Crippen LogP contribution in [0, 0.1) is 0 Å². The minimum absolute atomic E-state index is 0. The second-order valence-corrected chi connectivity index (χ2v) is 10.5. The van der Waals surface area contributed by atoms with Gasteiger partial charge in [0.2, 0.25) is 0 Å². The summed E-state index contributed by atoms with van der Waals surface area (Å²) in [7, 11) is 0. The van der Waals surface area contributed by atoms with E-state index < -0.39 is 46.5 Å². The molecule has 4 rings (SSSR count). The van der Waals surface area contributed by atoms with Crippen LogP contribution >= 0.6 is 23.1 Å². The highest BCUT2D eigenvalue weighted by Crippen LogP contribution is 2.40. The van der Waals surface area contributed by atoms with Crippen LogP contribution in [0.15, 0.2) is 52.4 Å². The van der Waals surface area contributed by atoms with Crippen molar-refractivity contribution in [3.63, 3.8) is 0 Å². The summed E-state index contributed by atoms with van der Waals surface area (Å²) in [4.78, 5) is 59.4. The fraction of sp³-hybridized carbons (Fsp3) is 0.318. The number of nitrogens with zero attached hydrogens (tertiary/aromatic N) is 4. The van der Waals surface area contributed by atoms with Crippen LogP contribution in [0.5, 0.6) is 0 Å². The van der Waals surface area contributed by atoms with Gasteiger partial charge in [-0.1, -0.05) is 11.2 Å². The lowest BCUT2D eigenvalue weighted by Gasteiger charge is -2.50. The number of carbonyl (C=O) groups excluding carboxylic acids is 4. The quantitative estimate of drug-likeness (QED) is 0.113. The van der Waals surface area contributed by atoms with Crippen molar-refractivity contribution in [2.45, 2.75) is 37.4 Å². The molecule has 2 atom stereocenters. The van der Waals surface area contributed by atoms with E-state index in [4.69, 9.17) is 10.6 Å². The lowest BCUT2D eigenvalue weighted by Crippen LogP contribution is -2.71. The van der Waals surface area contributed by atoms with Gasteiger partial charge >= 0.3 is 0 Å². The number of thiazole rings is 1. The summed E-state index contributed by atoms with van der Waals surface area (Å²) in [5, 5.41) is 30.3.